The van der Waals surface area contributed by atoms with E-state index < -0.39 is 0 Å². The molecule has 1 fully saturated rings. The van der Waals surface area contributed by atoms with E-state index in [1.165, 1.54) is 42.4 Å². The minimum absolute atomic E-state index is 0.529. The van der Waals surface area contributed by atoms with Crippen molar-refractivity contribution in [3.63, 3.8) is 0 Å². The molecule has 0 saturated carbocycles. The van der Waals surface area contributed by atoms with Crippen molar-refractivity contribution in [2.75, 3.05) is 12.3 Å². The Labute approximate surface area is 84.5 Å². The van der Waals surface area contributed by atoms with Crippen molar-refractivity contribution in [1.29, 1.82) is 0 Å². The molecule has 1 aromatic rings. The Morgan fingerprint density at radius 3 is 2.57 bits per heavy atom. The molecule has 3 rings (SSSR count). The Kier molecular flexibility index (Phi) is 1.77. The summed E-state index contributed by atoms with van der Waals surface area (Å²) in [7, 11) is 0. The van der Waals surface area contributed by atoms with Gasteiger partial charge in [0.2, 0.25) is 0 Å². The lowest BCUT2D eigenvalue weighted by Crippen LogP contribution is -2.35. The Morgan fingerprint density at radius 1 is 1.21 bits per heavy atom. The zero-order chi connectivity index (χ0) is 9.54. The van der Waals surface area contributed by atoms with E-state index in [4.69, 9.17) is 5.73 Å². The van der Waals surface area contributed by atoms with Gasteiger partial charge in [-0.3, -0.25) is 0 Å². The van der Waals surface area contributed by atoms with Gasteiger partial charge in [0.25, 0.3) is 0 Å². The molecule has 2 nitrogen and oxygen atoms in total. The summed E-state index contributed by atoms with van der Waals surface area (Å²) in [6, 6.07) is 5.05. The van der Waals surface area contributed by atoms with Crippen LogP contribution in [-0.4, -0.2) is 6.54 Å². The van der Waals surface area contributed by atoms with Crippen LogP contribution in [0.5, 0.6) is 0 Å². The highest BCUT2D eigenvalue weighted by Crippen LogP contribution is 2.33. The number of fused-ring (bicyclic) bond motifs is 1. The first-order valence-electron chi connectivity index (χ1n) is 5.49. The van der Waals surface area contributed by atoms with Crippen LogP contribution < -0.4 is 11.1 Å². The summed E-state index contributed by atoms with van der Waals surface area (Å²) in [6.07, 6.45) is 5.01. The first-order valence-corrected chi connectivity index (χ1v) is 5.49. The molecule has 14 heavy (non-hydrogen) atoms. The Morgan fingerprint density at radius 2 is 1.93 bits per heavy atom. The minimum atomic E-state index is 0.529. The number of aryl methyl sites for hydroxylation is 2. The molecule has 0 spiro atoms. The third kappa shape index (κ3) is 1.14. The molecule has 0 amide bonds. The van der Waals surface area contributed by atoms with Crippen LogP contribution in [0.25, 0.3) is 0 Å². The second-order valence-electron chi connectivity index (χ2n) is 4.40. The van der Waals surface area contributed by atoms with Gasteiger partial charge < -0.3 is 11.1 Å². The van der Waals surface area contributed by atoms with Crippen LogP contribution in [0.2, 0.25) is 0 Å². The van der Waals surface area contributed by atoms with Crippen molar-refractivity contribution in [3.05, 3.63) is 28.8 Å². The smallest absolute Gasteiger partial charge is 0.0365 e. The molecule has 0 radical (unpaired) electrons. The van der Waals surface area contributed by atoms with Crippen LogP contribution in [0, 0.1) is 0 Å². The first kappa shape index (κ1) is 8.30. The Hall–Kier alpha value is -1.02. The molecule has 0 bridgehead atoms. The normalized spacial score (nSPS) is 24.4. The predicted molar refractivity (Wildman–Crippen MR) is 58.2 cm³/mol. The van der Waals surface area contributed by atoms with Gasteiger partial charge in [0, 0.05) is 11.7 Å². The lowest BCUT2D eigenvalue weighted by atomic mass is 9.93. The Bertz CT molecular complexity index is 367. The number of nitrogens with one attached hydrogen (secondary N) is 1. The van der Waals surface area contributed by atoms with Gasteiger partial charge in [-0.15, -0.1) is 0 Å². The highest BCUT2D eigenvalue weighted by atomic mass is 15.0. The van der Waals surface area contributed by atoms with Crippen LogP contribution in [0.1, 0.15) is 35.6 Å². The molecule has 0 unspecified atom stereocenters. The number of benzene rings is 1. The van der Waals surface area contributed by atoms with Crippen LogP contribution in [0.4, 0.5) is 5.69 Å². The van der Waals surface area contributed by atoms with Gasteiger partial charge in [0.05, 0.1) is 0 Å². The molecule has 1 saturated heterocycles. The van der Waals surface area contributed by atoms with E-state index in [-0.39, 0.29) is 0 Å². The molecule has 2 aliphatic rings. The van der Waals surface area contributed by atoms with Gasteiger partial charge in [-0.2, -0.15) is 0 Å². The van der Waals surface area contributed by atoms with Gasteiger partial charge in [-0.1, -0.05) is 6.07 Å². The van der Waals surface area contributed by atoms with Gasteiger partial charge in [0.1, 0.15) is 0 Å². The zero-order valence-corrected chi connectivity index (χ0v) is 8.34. The molecule has 1 aliphatic carbocycles. The number of rotatable bonds is 1. The van der Waals surface area contributed by atoms with Gasteiger partial charge in [0.15, 0.2) is 0 Å². The highest BCUT2D eigenvalue weighted by molar-refractivity contribution is 5.55. The second kappa shape index (κ2) is 2.99. The Balaban J connectivity index is 2.03. The van der Waals surface area contributed by atoms with Crippen LogP contribution in [-0.2, 0) is 12.8 Å². The molecule has 1 aromatic carbocycles. The van der Waals surface area contributed by atoms with E-state index in [0.717, 1.165) is 12.2 Å². The summed E-state index contributed by atoms with van der Waals surface area (Å²) in [5, 5.41) is 3.41. The molecule has 1 aliphatic heterocycles. The maximum Gasteiger partial charge on any atom is 0.0365 e. The maximum atomic E-state index is 6.06. The third-order valence-corrected chi connectivity index (χ3v) is 3.50. The fourth-order valence-corrected chi connectivity index (χ4v) is 2.52. The summed E-state index contributed by atoms with van der Waals surface area (Å²) in [6.45, 7) is 1.14. The molecular weight excluding hydrogens is 172 g/mol. The summed E-state index contributed by atoms with van der Waals surface area (Å²) >= 11 is 0. The number of anilines is 1. The summed E-state index contributed by atoms with van der Waals surface area (Å²) in [5.74, 6) is 0. The summed E-state index contributed by atoms with van der Waals surface area (Å²) in [5.41, 5.74) is 11.4. The third-order valence-electron chi connectivity index (χ3n) is 3.50. The molecule has 3 N–H and O–H groups in total. The molecular formula is C12H16N2. The van der Waals surface area contributed by atoms with E-state index in [2.05, 4.69) is 17.4 Å². The highest BCUT2D eigenvalue weighted by Gasteiger charge is 2.23. The molecule has 0 aromatic heterocycles. The van der Waals surface area contributed by atoms with Crippen molar-refractivity contribution >= 4 is 5.69 Å². The van der Waals surface area contributed by atoms with E-state index >= 15 is 0 Å². The lowest BCUT2D eigenvalue weighted by molar-refractivity contribution is 0.384. The topological polar surface area (TPSA) is 38.0 Å². The van der Waals surface area contributed by atoms with Crippen molar-refractivity contribution in [1.82, 2.24) is 5.32 Å². The van der Waals surface area contributed by atoms with E-state index in [9.17, 15) is 0 Å². The van der Waals surface area contributed by atoms with Crippen molar-refractivity contribution in [2.45, 2.75) is 31.7 Å². The quantitative estimate of drug-likeness (QED) is 0.659. The van der Waals surface area contributed by atoms with Crippen LogP contribution in [0.3, 0.4) is 0 Å². The van der Waals surface area contributed by atoms with E-state index in [0.29, 0.717) is 6.04 Å². The molecule has 74 valence electrons. The largest absolute Gasteiger partial charge is 0.398 e. The molecule has 1 atom stereocenters. The maximum absolute atomic E-state index is 6.06. The average Bonchev–Trinajstić information content (AvgIpc) is 2.48. The summed E-state index contributed by atoms with van der Waals surface area (Å²) in [4.78, 5) is 0. The fourth-order valence-electron chi connectivity index (χ4n) is 2.52. The van der Waals surface area contributed by atoms with Gasteiger partial charge in [-0.25, -0.2) is 0 Å². The van der Waals surface area contributed by atoms with E-state index in [1.807, 2.05) is 0 Å². The average molecular weight is 188 g/mol. The molecule has 2 heteroatoms. The number of nitrogen functional groups attached to an aromatic ring is 1. The van der Waals surface area contributed by atoms with Crippen molar-refractivity contribution in [3.8, 4) is 0 Å². The van der Waals surface area contributed by atoms with Crippen molar-refractivity contribution < 1.29 is 0 Å². The first-order chi connectivity index (χ1) is 6.84. The SMILES string of the molecule is Nc1cc2c(cc1[C@@H]1CCN1)CCC2. The van der Waals surface area contributed by atoms with Crippen LogP contribution >= 0.6 is 0 Å². The lowest BCUT2D eigenvalue weighted by Gasteiger charge is -2.29. The van der Waals surface area contributed by atoms with Gasteiger partial charge in [-0.05, 0) is 55.0 Å². The minimum Gasteiger partial charge on any atom is -0.398 e. The van der Waals surface area contributed by atoms with Gasteiger partial charge >= 0.3 is 0 Å². The standard InChI is InChI=1S/C12H16N2/c13-11-7-9-3-1-2-8(9)6-10(11)12-4-5-14-12/h6-7,12,14H,1-5,13H2/t12-/m0/s1. The molecule has 1 heterocycles. The van der Waals surface area contributed by atoms with Crippen LogP contribution in [0.15, 0.2) is 12.1 Å². The predicted octanol–water partition coefficient (Wildman–Crippen LogP) is 1.79. The number of hydrogen-bond donors (Lipinski definition) is 2. The number of nitrogens with two attached hydrogens (primary N) is 1. The zero-order valence-electron chi connectivity index (χ0n) is 8.34. The van der Waals surface area contributed by atoms with E-state index in [1.54, 1.807) is 0 Å². The fraction of sp³-hybridized carbons (Fsp3) is 0.500. The monoisotopic (exact) mass is 188 g/mol. The number of hydrogen-bond acceptors (Lipinski definition) is 2. The van der Waals surface area contributed by atoms with Crippen molar-refractivity contribution in [2.24, 2.45) is 0 Å². The second-order valence-corrected chi connectivity index (χ2v) is 4.40. The summed E-state index contributed by atoms with van der Waals surface area (Å²) < 4.78 is 0.